The SMILES string of the molecule is CC(=O)Nc1ccc(F)c(NC(C)C2CCCCC2)c1. The number of carbonyl (C=O) groups excluding carboxylic acids is 1. The van der Waals surface area contributed by atoms with Crippen molar-refractivity contribution in [3.05, 3.63) is 24.0 Å². The molecule has 3 nitrogen and oxygen atoms in total. The van der Waals surface area contributed by atoms with Crippen LogP contribution >= 0.6 is 0 Å². The quantitative estimate of drug-likeness (QED) is 0.868. The predicted octanol–water partition coefficient (Wildman–Crippen LogP) is 4.16. The van der Waals surface area contributed by atoms with Crippen LogP contribution in [0.5, 0.6) is 0 Å². The molecule has 2 rings (SSSR count). The summed E-state index contributed by atoms with van der Waals surface area (Å²) in [5.41, 5.74) is 1.09. The maximum Gasteiger partial charge on any atom is 0.221 e. The molecule has 0 saturated heterocycles. The highest BCUT2D eigenvalue weighted by molar-refractivity contribution is 5.89. The number of amides is 1. The van der Waals surface area contributed by atoms with Crippen LogP contribution < -0.4 is 10.6 Å². The Kier molecular flexibility index (Phi) is 4.99. The number of hydrogen-bond acceptors (Lipinski definition) is 2. The van der Waals surface area contributed by atoms with Gasteiger partial charge in [0.15, 0.2) is 0 Å². The van der Waals surface area contributed by atoms with Crippen LogP contribution in [-0.4, -0.2) is 11.9 Å². The standard InChI is InChI=1S/C16H23FN2O/c1-11(13-6-4-3-5-7-13)18-16-10-14(19-12(2)20)8-9-15(16)17/h8-11,13,18H,3-7H2,1-2H3,(H,19,20). The summed E-state index contributed by atoms with van der Waals surface area (Å²) in [6, 6.07) is 4.88. The summed E-state index contributed by atoms with van der Waals surface area (Å²) in [6.07, 6.45) is 6.27. The van der Waals surface area contributed by atoms with Gasteiger partial charge < -0.3 is 10.6 Å². The molecule has 0 bridgehead atoms. The molecule has 0 aromatic heterocycles. The molecule has 0 spiro atoms. The van der Waals surface area contributed by atoms with Crippen LogP contribution in [0.15, 0.2) is 18.2 Å². The largest absolute Gasteiger partial charge is 0.380 e. The fourth-order valence-corrected chi connectivity index (χ4v) is 2.91. The molecule has 1 aliphatic rings. The van der Waals surface area contributed by atoms with Crippen LogP contribution in [-0.2, 0) is 4.79 Å². The van der Waals surface area contributed by atoms with Gasteiger partial charge >= 0.3 is 0 Å². The first-order valence-electron chi connectivity index (χ1n) is 7.40. The molecular weight excluding hydrogens is 255 g/mol. The molecule has 2 N–H and O–H groups in total. The molecule has 0 aliphatic heterocycles. The first-order valence-corrected chi connectivity index (χ1v) is 7.40. The zero-order valence-corrected chi connectivity index (χ0v) is 12.2. The summed E-state index contributed by atoms with van der Waals surface area (Å²) in [5.74, 6) is 0.178. The molecule has 1 atom stereocenters. The third kappa shape index (κ3) is 3.95. The molecule has 1 amide bonds. The van der Waals surface area contributed by atoms with Crippen LogP contribution in [0, 0.1) is 11.7 Å². The Hall–Kier alpha value is -1.58. The van der Waals surface area contributed by atoms with Crippen molar-refractivity contribution in [1.29, 1.82) is 0 Å². The number of anilines is 2. The van der Waals surface area contributed by atoms with Gasteiger partial charge in [-0.1, -0.05) is 19.3 Å². The van der Waals surface area contributed by atoms with Crippen LogP contribution in [0.1, 0.15) is 46.0 Å². The van der Waals surface area contributed by atoms with Crippen molar-refractivity contribution >= 4 is 17.3 Å². The molecule has 4 heteroatoms. The second-order valence-corrected chi connectivity index (χ2v) is 5.71. The number of carbonyl (C=O) groups is 1. The van der Waals surface area contributed by atoms with Crippen molar-refractivity contribution < 1.29 is 9.18 Å². The van der Waals surface area contributed by atoms with Gasteiger partial charge in [0.25, 0.3) is 0 Å². The van der Waals surface area contributed by atoms with Gasteiger partial charge in [-0.05, 0) is 43.9 Å². The number of rotatable bonds is 4. The van der Waals surface area contributed by atoms with Crippen molar-refractivity contribution in [1.82, 2.24) is 0 Å². The van der Waals surface area contributed by atoms with Crippen molar-refractivity contribution in [3.8, 4) is 0 Å². The Morgan fingerprint density at radius 2 is 2.00 bits per heavy atom. The van der Waals surface area contributed by atoms with Gasteiger partial charge in [-0.3, -0.25) is 4.79 Å². The van der Waals surface area contributed by atoms with Gasteiger partial charge in [0, 0.05) is 18.7 Å². The van der Waals surface area contributed by atoms with Crippen molar-refractivity contribution in [2.75, 3.05) is 10.6 Å². The smallest absolute Gasteiger partial charge is 0.221 e. The number of hydrogen-bond donors (Lipinski definition) is 2. The first-order chi connectivity index (χ1) is 9.56. The lowest BCUT2D eigenvalue weighted by atomic mass is 9.84. The second-order valence-electron chi connectivity index (χ2n) is 5.71. The van der Waals surface area contributed by atoms with Crippen molar-refractivity contribution in [3.63, 3.8) is 0 Å². The van der Waals surface area contributed by atoms with Gasteiger partial charge in [-0.25, -0.2) is 4.39 Å². The summed E-state index contributed by atoms with van der Waals surface area (Å²) in [7, 11) is 0. The second kappa shape index (κ2) is 6.73. The Labute approximate surface area is 120 Å². The van der Waals surface area contributed by atoms with E-state index < -0.39 is 0 Å². The first kappa shape index (κ1) is 14.8. The van der Waals surface area contributed by atoms with E-state index in [1.54, 1.807) is 12.1 Å². The van der Waals surface area contributed by atoms with Crippen LogP contribution in [0.4, 0.5) is 15.8 Å². The number of benzene rings is 1. The van der Waals surface area contributed by atoms with E-state index in [0.29, 0.717) is 17.3 Å². The molecule has 1 fully saturated rings. The lowest BCUT2D eigenvalue weighted by Crippen LogP contribution is -2.28. The highest BCUT2D eigenvalue weighted by Crippen LogP contribution is 2.29. The summed E-state index contributed by atoms with van der Waals surface area (Å²) in [6.45, 7) is 3.56. The van der Waals surface area contributed by atoms with E-state index in [-0.39, 0.29) is 17.8 Å². The third-order valence-corrected chi connectivity index (χ3v) is 4.03. The zero-order chi connectivity index (χ0) is 14.5. The Morgan fingerprint density at radius 3 is 2.65 bits per heavy atom. The van der Waals surface area contributed by atoms with E-state index in [1.807, 2.05) is 0 Å². The van der Waals surface area contributed by atoms with Gasteiger partial charge in [-0.2, -0.15) is 0 Å². The van der Waals surface area contributed by atoms with Crippen LogP contribution in [0.3, 0.4) is 0 Å². The maximum atomic E-state index is 13.9. The van der Waals surface area contributed by atoms with E-state index in [0.717, 1.165) is 0 Å². The Morgan fingerprint density at radius 1 is 1.30 bits per heavy atom. The average molecular weight is 278 g/mol. The fourth-order valence-electron chi connectivity index (χ4n) is 2.91. The van der Waals surface area contributed by atoms with Gasteiger partial charge in [0.2, 0.25) is 5.91 Å². The Balaban J connectivity index is 2.05. The van der Waals surface area contributed by atoms with Crippen molar-refractivity contribution in [2.45, 2.75) is 52.0 Å². The maximum absolute atomic E-state index is 13.9. The predicted molar refractivity (Wildman–Crippen MR) is 80.4 cm³/mol. The molecule has 1 unspecified atom stereocenters. The summed E-state index contributed by atoms with van der Waals surface area (Å²) < 4.78 is 13.9. The summed E-state index contributed by atoms with van der Waals surface area (Å²) in [4.78, 5) is 11.1. The lowest BCUT2D eigenvalue weighted by Gasteiger charge is -2.29. The van der Waals surface area contributed by atoms with Crippen LogP contribution in [0.25, 0.3) is 0 Å². The summed E-state index contributed by atoms with van der Waals surface area (Å²) >= 11 is 0. The average Bonchev–Trinajstić information content (AvgIpc) is 2.43. The van der Waals surface area contributed by atoms with E-state index in [1.165, 1.54) is 45.1 Å². The Bertz CT molecular complexity index is 470. The number of halogens is 1. The molecule has 0 heterocycles. The van der Waals surface area contributed by atoms with E-state index >= 15 is 0 Å². The molecule has 1 aromatic rings. The van der Waals surface area contributed by atoms with Crippen molar-refractivity contribution in [2.24, 2.45) is 5.92 Å². The minimum Gasteiger partial charge on any atom is -0.380 e. The van der Waals surface area contributed by atoms with E-state index in [9.17, 15) is 9.18 Å². The number of nitrogens with one attached hydrogen (secondary N) is 2. The van der Waals surface area contributed by atoms with E-state index in [4.69, 9.17) is 0 Å². The van der Waals surface area contributed by atoms with Gasteiger partial charge in [-0.15, -0.1) is 0 Å². The van der Waals surface area contributed by atoms with E-state index in [2.05, 4.69) is 17.6 Å². The fraction of sp³-hybridized carbons (Fsp3) is 0.562. The minimum atomic E-state index is -0.276. The lowest BCUT2D eigenvalue weighted by molar-refractivity contribution is -0.114. The minimum absolute atomic E-state index is 0.150. The summed E-state index contributed by atoms with van der Waals surface area (Å²) in [5, 5.41) is 5.95. The molecule has 1 aliphatic carbocycles. The third-order valence-electron chi connectivity index (χ3n) is 4.03. The highest BCUT2D eigenvalue weighted by atomic mass is 19.1. The van der Waals surface area contributed by atoms with Gasteiger partial charge in [0.1, 0.15) is 5.82 Å². The monoisotopic (exact) mass is 278 g/mol. The topological polar surface area (TPSA) is 41.1 Å². The molecule has 1 saturated carbocycles. The van der Waals surface area contributed by atoms with Crippen LogP contribution in [0.2, 0.25) is 0 Å². The normalized spacial score (nSPS) is 17.6. The van der Waals surface area contributed by atoms with Gasteiger partial charge in [0.05, 0.1) is 5.69 Å². The molecule has 1 aromatic carbocycles. The molecular formula is C16H23FN2O. The molecule has 20 heavy (non-hydrogen) atoms. The highest BCUT2D eigenvalue weighted by Gasteiger charge is 2.20. The molecule has 0 radical (unpaired) electrons. The molecule has 110 valence electrons. The zero-order valence-electron chi connectivity index (χ0n) is 12.2.